The zero-order valence-electron chi connectivity index (χ0n) is 7.43. The Kier molecular flexibility index (Phi) is 2.78. The maximum absolute atomic E-state index is 11.1. The second-order valence-electron chi connectivity index (χ2n) is 2.60. The first-order valence-electron chi connectivity index (χ1n) is 3.70. The van der Waals surface area contributed by atoms with E-state index in [0.717, 1.165) is 0 Å². The number of nitrogens with two attached hydrogens (primary N) is 1. The Balaban J connectivity index is 3.38. The standard InChI is InChI=1S/C9H10ClNO2/c1-5(12)8-6(11)3-4-7(13-2)9(8)10/h3-4H,11H2,1-2H3. The van der Waals surface area contributed by atoms with Gasteiger partial charge in [0.05, 0.1) is 17.7 Å². The van der Waals surface area contributed by atoms with E-state index in [4.69, 9.17) is 22.1 Å². The van der Waals surface area contributed by atoms with Crippen LogP contribution in [0.1, 0.15) is 17.3 Å². The number of ether oxygens (including phenoxy) is 1. The Morgan fingerprint density at radius 1 is 1.54 bits per heavy atom. The predicted octanol–water partition coefficient (Wildman–Crippen LogP) is 2.13. The third-order valence-corrected chi connectivity index (χ3v) is 2.09. The zero-order chi connectivity index (χ0) is 10.0. The average Bonchev–Trinajstić information content (AvgIpc) is 2.04. The fourth-order valence-electron chi connectivity index (χ4n) is 1.09. The molecule has 0 atom stereocenters. The average molecular weight is 200 g/mol. The molecule has 0 aliphatic rings. The van der Waals surface area contributed by atoms with Gasteiger partial charge in [0.2, 0.25) is 0 Å². The Morgan fingerprint density at radius 2 is 2.15 bits per heavy atom. The van der Waals surface area contributed by atoms with Gasteiger partial charge in [0.1, 0.15) is 5.75 Å². The third kappa shape index (κ3) is 1.75. The summed E-state index contributed by atoms with van der Waals surface area (Å²) in [6, 6.07) is 3.23. The molecule has 0 spiro atoms. The highest BCUT2D eigenvalue weighted by atomic mass is 35.5. The van der Waals surface area contributed by atoms with Crippen LogP contribution in [-0.2, 0) is 0 Å². The third-order valence-electron chi connectivity index (χ3n) is 1.71. The van der Waals surface area contributed by atoms with Gasteiger partial charge in [0, 0.05) is 5.69 Å². The van der Waals surface area contributed by atoms with E-state index in [-0.39, 0.29) is 10.8 Å². The molecule has 0 bridgehead atoms. The van der Waals surface area contributed by atoms with Crippen molar-refractivity contribution >= 4 is 23.1 Å². The number of rotatable bonds is 2. The van der Waals surface area contributed by atoms with Crippen molar-refractivity contribution in [1.82, 2.24) is 0 Å². The van der Waals surface area contributed by atoms with Crippen LogP contribution in [0.2, 0.25) is 5.02 Å². The number of anilines is 1. The predicted molar refractivity (Wildman–Crippen MR) is 52.4 cm³/mol. The minimum absolute atomic E-state index is 0.165. The molecule has 0 aromatic heterocycles. The Bertz CT molecular complexity index is 350. The number of hydrogen-bond donors (Lipinski definition) is 1. The second kappa shape index (κ2) is 3.66. The fraction of sp³-hybridized carbons (Fsp3) is 0.222. The van der Waals surface area contributed by atoms with Gasteiger partial charge >= 0.3 is 0 Å². The molecule has 0 heterocycles. The van der Waals surface area contributed by atoms with Crippen molar-refractivity contribution in [2.45, 2.75) is 6.92 Å². The van der Waals surface area contributed by atoms with Gasteiger partial charge in [0.15, 0.2) is 5.78 Å². The maximum atomic E-state index is 11.1. The molecule has 0 fully saturated rings. The van der Waals surface area contributed by atoms with Crippen LogP contribution in [0.15, 0.2) is 12.1 Å². The van der Waals surface area contributed by atoms with E-state index in [1.54, 1.807) is 12.1 Å². The quantitative estimate of drug-likeness (QED) is 0.587. The normalized spacial score (nSPS) is 9.77. The van der Waals surface area contributed by atoms with Crippen molar-refractivity contribution in [2.75, 3.05) is 12.8 Å². The van der Waals surface area contributed by atoms with E-state index >= 15 is 0 Å². The van der Waals surface area contributed by atoms with Crippen LogP contribution in [0, 0.1) is 0 Å². The molecule has 0 saturated carbocycles. The summed E-state index contributed by atoms with van der Waals surface area (Å²) in [6.45, 7) is 1.41. The summed E-state index contributed by atoms with van der Waals surface area (Å²) in [4.78, 5) is 11.1. The van der Waals surface area contributed by atoms with Crippen LogP contribution in [0.4, 0.5) is 5.69 Å². The number of carbonyl (C=O) groups excluding carboxylic acids is 1. The molecule has 1 aromatic carbocycles. The largest absolute Gasteiger partial charge is 0.495 e. The monoisotopic (exact) mass is 199 g/mol. The first-order valence-corrected chi connectivity index (χ1v) is 4.08. The van der Waals surface area contributed by atoms with E-state index in [1.165, 1.54) is 14.0 Å². The number of Topliss-reactive ketones (excluding diaryl/α,β-unsaturated/α-hetero) is 1. The SMILES string of the molecule is COc1ccc(N)c(C(C)=O)c1Cl. The summed E-state index contributed by atoms with van der Waals surface area (Å²) >= 11 is 5.88. The molecular weight excluding hydrogens is 190 g/mol. The minimum Gasteiger partial charge on any atom is -0.495 e. The first kappa shape index (κ1) is 9.86. The fourth-order valence-corrected chi connectivity index (χ4v) is 1.47. The molecule has 4 heteroatoms. The second-order valence-corrected chi connectivity index (χ2v) is 2.98. The molecular formula is C9H10ClNO2. The van der Waals surface area contributed by atoms with E-state index in [2.05, 4.69) is 0 Å². The Labute approximate surface area is 81.4 Å². The van der Waals surface area contributed by atoms with Gasteiger partial charge in [-0.1, -0.05) is 11.6 Å². The van der Waals surface area contributed by atoms with E-state index < -0.39 is 0 Å². The van der Waals surface area contributed by atoms with E-state index in [0.29, 0.717) is 17.0 Å². The molecule has 13 heavy (non-hydrogen) atoms. The summed E-state index contributed by atoms with van der Waals surface area (Å²) < 4.78 is 4.95. The Morgan fingerprint density at radius 3 is 2.62 bits per heavy atom. The Hall–Kier alpha value is -1.22. The maximum Gasteiger partial charge on any atom is 0.163 e. The lowest BCUT2D eigenvalue weighted by atomic mass is 10.1. The van der Waals surface area contributed by atoms with Crippen molar-refractivity contribution in [3.8, 4) is 5.75 Å². The summed E-state index contributed by atoms with van der Waals surface area (Å²) in [5, 5.41) is 0.273. The van der Waals surface area contributed by atoms with Gasteiger partial charge in [-0.2, -0.15) is 0 Å². The van der Waals surface area contributed by atoms with Gasteiger partial charge in [-0.15, -0.1) is 0 Å². The summed E-state index contributed by atoms with van der Waals surface area (Å²) in [5.74, 6) is 0.294. The molecule has 70 valence electrons. The highest BCUT2D eigenvalue weighted by molar-refractivity contribution is 6.36. The molecule has 0 unspecified atom stereocenters. The molecule has 1 aromatic rings. The van der Waals surface area contributed by atoms with Gasteiger partial charge < -0.3 is 10.5 Å². The molecule has 1 rings (SSSR count). The highest BCUT2D eigenvalue weighted by Gasteiger charge is 2.13. The van der Waals surface area contributed by atoms with E-state index in [1.807, 2.05) is 0 Å². The highest BCUT2D eigenvalue weighted by Crippen LogP contribution is 2.32. The van der Waals surface area contributed by atoms with Gasteiger partial charge in [-0.3, -0.25) is 4.79 Å². The van der Waals surface area contributed by atoms with Crippen molar-refractivity contribution in [3.63, 3.8) is 0 Å². The van der Waals surface area contributed by atoms with Gasteiger partial charge in [-0.25, -0.2) is 0 Å². The molecule has 3 nitrogen and oxygen atoms in total. The topological polar surface area (TPSA) is 52.3 Å². The number of hydrogen-bond acceptors (Lipinski definition) is 3. The summed E-state index contributed by atoms with van der Waals surface area (Å²) in [7, 11) is 1.49. The summed E-state index contributed by atoms with van der Waals surface area (Å²) in [5.41, 5.74) is 6.28. The van der Waals surface area contributed by atoms with Gasteiger partial charge in [0.25, 0.3) is 0 Å². The first-order chi connectivity index (χ1) is 6.07. The van der Waals surface area contributed by atoms with Crippen molar-refractivity contribution in [2.24, 2.45) is 0 Å². The van der Waals surface area contributed by atoms with Crippen LogP contribution >= 0.6 is 11.6 Å². The number of ketones is 1. The molecule has 0 radical (unpaired) electrons. The van der Waals surface area contributed by atoms with Crippen molar-refractivity contribution in [1.29, 1.82) is 0 Å². The number of carbonyl (C=O) groups is 1. The smallest absolute Gasteiger partial charge is 0.163 e. The van der Waals surface area contributed by atoms with Crippen molar-refractivity contribution in [3.05, 3.63) is 22.7 Å². The van der Waals surface area contributed by atoms with E-state index in [9.17, 15) is 4.79 Å². The molecule has 0 aliphatic carbocycles. The minimum atomic E-state index is -0.165. The number of benzene rings is 1. The van der Waals surface area contributed by atoms with Crippen molar-refractivity contribution < 1.29 is 9.53 Å². The molecule has 0 amide bonds. The molecule has 2 N–H and O–H groups in total. The summed E-state index contributed by atoms with van der Waals surface area (Å²) in [6.07, 6.45) is 0. The number of nitrogen functional groups attached to an aromatic ring is 1. The molecule has 0 saturated heterocycles. The number of methoxy groups -OCH3 is 1. The lowest BCUT2D eigenvalue weighted by Gasteiger charge is -2.08. The van der Waals surface area contributed by atoms with Gasteiger partial charge in [-0.05, 0) is 19.1 Å². The van der Waals surface area contributed by atoms with Crippen LogP contribution < -0.4 is 10.5 Å². The van der Waals surface area contributed by atoms with Crippen LogP contribution in [0.5, 0.6) is 5.75 Å². The lowest BCUT2D eigenvalue weighted by molar-refractivity contribution is 0.101. The van der Waals surface area contributed by atoms with Crippen LogP contribution in [-0.4, -0.2) is 12.9 Å². The lowest BCUT2D eigenvalue weighted by Crippen LogP contribution is -2.01. The number of halogens is 1. The van der Waals surface area contributed by atoms with Crippen LogP contribution in [0.25, 0.3) is 0 Å². The zero-order valence-corrected chi connectivity index (χ0v) is 8.18. The molecule has 0 aliphatic heterocycles. The van der Waals surface area contributed by atoms with Crippen LogP contribution in [0.3, 0.4) is 0 Å².